The van der Waals surface area contributed by atoms with Crippen molar-refractivity contribution in [3.05, 3.63) is 57.0 Å². The molecule has 0 aromatic heterocycles. The molecule has 2 rings (SSSR count). The first-order chi connectivity index (χ1) is 13.7. The van der Waals surface area contributed by atoms with Crippen molar-refractivity contribution in [3.8, 4) is 11.5 Å². The predicted molar refractivity (Wildman–Crippen MR) is 121 cm³/mol. The minimum Gasteiger partial charge on any atom is -0.493 e. The van der Waals surface area contributed by atoms with Crippen LogP contribution in [-0.2, 0) is 17.8 Å². The van der Waals surface area contributed by atoms with Gasteiger partial charge in [-0.05, 0) is 63.6 Å². The molecule has 0 aliphatic carbocycles. The van der Waals surface area contributed by atoms with Crippen molar-refractivity contribution >= 4 is 33.4 Å². The van der Waals surface area contributed by atoms with E-state index in [1.54, 1.807) is 7.11 Å². The highest BCUT2D eigenvalue weighted by molar-refractivity contribution is 9.10. The summed E-state index contributed by atoms with van der Waals surface area (Å²) < 4.78 is 12.2. The fraction of sp³-hybridized carbons (Fsp3) is 0.409. The second-order valence-corrected chi connectivity index (χ2v) is 8.99. The van der Waals surface area contributed by atoms with Gasteiger partial charge in [-0.1, -0.05) is 39.7 Å². The van der Waals surface area contributed by atoms with Crippen molar-refractivity contribution in [1.82, 2.24) is 10.6 Å². The molecule has 0 heterocycles. The molecule has 1 amide bonds. The molecule has 0 saturated carbocycles. The lowest BCUT2D eigenvalue weighted by Crippen LogP contribution is -2.43. The number of hydrogen-bond acceptors (Lipinski definition) is 4. The van der Waals surface area contributed by atoms with Crippen LogP contribution >= 0.6 is 27.5 Å². The monoisotopic (exact) mass is 482 g/mol. The Morgan fingerprint density at radius 2 is 1.83 bits per heavy atom. The van der Waals surface area contributed by atoms with Gasteiger partial charge in [0.2, 0.25) is 0 Å². The zero-order chi connectivity index (χ0) is 21.4. The van der Waals surface area contributed by atoms with Gasteiger partial charge in [0.05, 0.1) is 7.11 Å². The number of amides is 1. The van der Waals surface area contributed by atoms with E-state index in [2.05, 4.69) is 26.6 Å². The summed E-state index contributed by atoms with van der Waals surface area (Å²) in [5.74, 6) is 0.970. The normalized spacial score (nSPS) is 11.2. The summed E-state index contributed by atoms with van der Waals surface area (Å²) in [6.07, 6.45) is 0.878. The van der Waals surface area contributed by atoms with Gasteiger partial charge in [0.25, 0.3) is 5.91 Å². The Balaban J connectivity index is 2.01. The van der Waals surface area contributed by atoms with Gasteiger partial charge in [0.15, 0.2) is 18.1 Å². The van der Waals surface area contributed by atoms with Crippen LogP contribution < -0.4 is 20.1 Å². The predicted octanol–water partition coefficient (Wildman–Crippen LogP) is 4.74. The van der Waals surface area contributed by atoms with Crippen LogP contribution in [0, 0.1) is 0 Å². The van der Waals surface area contributed by atoms with E-state index in [1.165, 1.54) is 5.56 Å². The van der Waals surface area contributed by atoms with Crippen LogP contribution in [0.4, 0.5) is 0 Å². The number of benzene rings is 2. The molecule has 29 heavy (non-hydrogen) atoms. The number of rotatable bonds is 9. The van der Waals surface area contributed by atoms with E-state index in [0.29, 0.717) is 18.0 Å². The van der Waals surface area contributed by atoms with Gasteiger partial charge >= 0.3 is 0 Å². The van der Waals surface area contributed by atoms with Gasteiger partial charge in [0, 0.05) is 27.1 Å². The Labute approximate surface area is 186 Å². The third-order valence-corrected chi connectivity index (χ3v) is 5.05. The minimum atomic E-state index is -0.312. The van der Waals surface area contributed by atoms with Crippen molar-refractivity contribution in [2.24, 2.45) is 0 Å². The number of methoxy groups -OCH3 is 1. The van der Waals surface area contributed by atoms with Gasteiger partial charge in [-0.3, -0.25) is 4.79 Å². The molecule has 7 heteroatoms. The molecule has 0 aliphatic rings. The molecular weight excluding hydrogens is 456 g/mol. The third-order valence-electron chi connectivity index (χ3n) is 4.05. The van der Waals surface area contributed by atoms with E-state index in [9.17, 15) is 4.79 Å². The molecule has 2 N–H and O–H groups in total. The van der Waals surface area contributed by atoms with Gasteiger partial charge < -0.3 is 20.1 Å². The Kier molecular flexibility index (Phi) is 8.80. The van der Waals surface area contributed by atoms with Gasteiger partial charge in [0.1, 0.15) is 0 Å². The van der Waals surface area contributed by atoms with E-state index < -0.39 is 0 Å². The van der Waals surface area contributed by atoms with Crippen LogP contribution in [0.15, 0.2) is 40.9 Å². The highest BCUT2D eigenvalue weighted by atomic mass is 79.9. The Hall–Kier alpha value is -1.76. The van der Waals surface area contributed by atoms with Gasteiger partial charge in [-0.25, -0.2) is 0 Å². The lowest BCUT2D eigenvalue weighted by atomic mass is 10.1. The summed E-state index contributed by atoms with van der Waals surface area (Å²) in [5.41, 5.74) is 1.80. The molecule has 0 bridgehead atoms. The average molecular weight is 484 g/mol. The SMILES string of the molecule is COc1ccc(Br)c(CNCCc2ccc(Cl)cc2)c1OCC(=O)NC(C)(C)C. The zero-order valence-electron chi connectivity index (χ0n) is 17.3. The molecule has 0 spiro atoms. The van der Waals surface area contributed by atoms with Crippen molar-refractivity contribution in [3.63, 3.8) is 0 Å². The highest BCUT2D eigenvalue weighted by Crippen LogP contribution is 2.36. The number of carbonyl (C=O) groups excluding carboxylic acids is 1. The highest BCUT2D eigenvalue weighted by Gasteiger charge is 2.18. The van der Waals surface area contributed by atoms with Crippen molar-refractivity contribution in [1.29, 1.82) is 0 Å². The van der Waals surface area contributed by atoms with Crippen LogP contribution in [0.1, 0.15) is 31.9 Å². The van der Waals surface area contributed by atoms with Crippen LogP contribution in [0.5, 0.6) is 11.5 Å². The largest absolute Gasteiger partial charge is 0.493 e. The van der Waals surface area contributed by atoms with Crippen molar-refractivity contribution < 1.29 is 14.3 Å². The van der Waals surface area contributed by atoms with E-state index in [0.717, 1.165) is 28.0 Å². The number of halogens is 2. The molecule has 0 atom stereocenters. The zero-order valence-corrected chi connectivity index (χ0v) is 19.6. The topological polar surface area (TPSA) is 59.6 Å². The maximum absolute atomic E-state index is 12.2. The molecule has 2 aromatic rings. The minimum absolute atomic E-state index is 0.0815. The van der Waals surface area contributed by atoms with Crippen LogP contribution in [-0.4, -0.2) is 31.7 Å². The number of hydrogen-bond donors (Lipinski definition) is 2. The van der Waals surface area contributed by atoms with Crippen molar-refractivity contribution in [2.45, 2.75) is 39.3 Å². The third kappa shape index (κ3) is 7.88. The lowest BCUT2D eigenvalue weighted by molar-refractivity contribution is -0.124. The summed E-state index contributed by atoms with van der Waals surface area (Å²) in [6, 6.07) is 11.6. The van der Waals surface area contributed by atoms with E-state index in [-0.39, 0.29) is 18.1 Å². The maximum atomic E-state index is 12.2. The van der Waals surface area contributed by atoms with E-state index >= 15 is 0 Å². The van der Waals surface area contributed by atoms with Crippen LogP contribution in [0.3, 0.4) is 0 Å². The average Bonchev–Trinajstić information content (AvgIpc) is 2.65. The summed E-state index contributed by atoms with van der Waals surface area (Å²) in [4.78, 5) is 12.2. The Morgan fingerprint density at radius 3 is 2.45 bits per heavy atom. The van der Waals surface area contributed by atoms with Crippen LogP contribution in [0.2, 0.25) is 5.02 Å². The number of ether oxygens (including phenoxy) is 2. The van der Waals surface area contributed by atoms with Crippen molar-refractivity contribution in [2.75, 3.05) is 20.3 Å². The van der Waals surface area contributed by atoms with Crippen LogP contribution in [0.25, 0.3) is 0 Å². The molecule has 0 saturated heterocycles. The lowest BCUT2D eigenvalue weighted by Gasteiger charge is -2.21. The fourth-order valence-corrected chi connectivity index (χ4v) is 3.33. The molecule has 2 aromatic carbocycles. The first-order valence-corrected chi connectivity index (χ1v) is 10.6. The maximum Gasteiger partial charge on any atom is 0.258 e. The standard InChI is InChI=1S/C22H28BrClN2O3/c1-22(2,3)26-20(27)14-29-21-17(18(23)9-10-19(21)28-4)13-25-12-11-15-5-7-16(24)8-6-15/h5-10,25H,11-14H2,1-4H3,(H,26,27). The number of nitrogens with one attached hydrogen (secondary N) is 2. The fourth-order valence-electron chi connectivity index (χ4n) is 2.76. The van der Waals surface area contributed by atoms with Gasteiger partial charge in [-0.2, -0.15) is 0 Å². The molecular formula is C22H28BrClN2O3. The summed E-state index contributed by atoms with van der Waals surface area (Å²) in [6.45, 7) is 7.07. The Morgan fingerprint density at radius 1 is 1.14 bits per heavy atom. The number of carbonyl (C=O) groups is 1. The quantitative estimate of drug-likeness (QED) is 0.506. The summed E-state index contributed by atoms with van der Waals surface area (Å²) >= 11 is 9.51. The Bertz CT molecular complexity index is 820. The second-order valence-electron chi connectivity index (χ2n) is 7.70. The second kappa shape index (κ2) is 10.9. The van der Waals surface area contributed by atoms with E-state index in [1.807, 2.05) is 57.2 Å². The smallest absolute Gasteiger partial charge is 0.258 e. The summed E-state index contributed by atoms with van der Waals surface area (Å²) in [7, 11) is 1.59. The molecule has 0 unspecified atom stereocenters. The summed E-state index contributed by atoms with van der Waals surface area (Å²) in [5, 5.41) is 7.05. The van der Waals surface area contributed by atoms with Gasteiger partial charge in [-0.15, -0.1) is 0 Å². The molecule has 5 nitrogen and oxygen atoms in total. The first-order valence-electron chi connectivity index (χ1n) is 9.44. The molecule has 0 radical (unpaired) electrons. The molecule has 0 aliphatic heterocycles. The van der Waals surface area contributed by atoms with E-state index in [4.69, 9.17) is 21.1 Å². The molecule has 0 fully saturated rings. The first kappa shape index (κ1) is 23.5. The molecule has 158 valence electrons.